The number of aryl methyl sites for hydroxylation is 1. The number of allylic oxidation sites excluding steroid dienone is 2. The lowest BCUT2D eigenvalue weighted by Crippen LogP contribution is -2.46. The van der Waals surface area contributed by atoms with E-state index in [1.54, 1.807) is 6.08 Å². The van der Waals surface area contributed by atoms with Crippen molar-refractivity contribution in [2.45, 2.75) is 58.6 Å². The second-order valence-corrected chi connectivity index (χ2v) is 9.34. The van der Waals surface area contributed by atoms with E-state index < -0.39 is 23.7 Å². The molecule has 5 heteroatoms. The molecule has 0 aromatic heterocycles. The molecule has 0 saturated carbocycles. The van der Waals surface area contributed by atoms with Crippen LogP contribution >= 0.6 is 0 Å². The van der Waals surface area contributed by atoms with Crippen LogP contribution < -0.4 is 0 Å². The summed E-state index contributed by atoms with van der Waals surface area (Å²) in [7, 11) is 1.36. The van der Waals surface area contributed by atoms with Crippen molar-refractivity contribution >= 4 is 12.1 Å². The fourth-order valence-corrected chi connectivity index (χ4v) is 4.04. The monoisotopic (exact) mass is 427 g/mol. The van der Waals surface area contributed by atoms with E-state index in [2.05, 4.69) is 49.9 Å². The normalized spacial score (nSPS) is 22.4. The first kappa shape index (κ1) is 24.7. The van der Waals surface area contributed by atoms with Crippen molar-refractivity contribution in [3.05, 3.63) is 60.7 Å². The molecular weight excluding hydrogens is 390 g/mol. The molecule has 1 heterocycles. The summed E-state index contributed by atoms with van der Waals surface area (Å²) >= 11 is 0. The van der Waals surface area contributed by atoms with Crippen LogP contribution in [0.3, 0.4) is 0 Å². The van der Waals surface area contributed by atoms with E-state index in [-0.39, 0.29) is 11.8 Å². The lowest BCUT2D eigenvalue weighted by molar-refractivity contribution is -0.147. The molecule has 4 atom stereocenters. The van der Waals surface area contributed by atoms with Crippen LogP contribution in [-0.4, -0.2) is 42.3 Å². The van der Waals surface area contributed by atoms with Crippen molar-refractivity contribution in [1.29, 1.82) is 0 Å². The average molecular weight is 428 g/mol. The van der Waals surface area contributed by atoms with Gasteiger partial charge in [-0.25, -0.2) is 9.59 Å². The van der Waals surface area contributed by atoms with Crippen LogP contribution in [0.1, 0.15) is 46.1 Å². The van der Waals surface area contributed by atoms with Crippen LogP contribution in [0.2, 0.25) is 0 Å². The molecule has 2 rings (SSSR count). The highest BCUT2D eigenvalue weighted by atomic mass is 16.6. The molecule has 1 aliphatic heterocycles. The maximum absolute atomic E-state index is 12.8. The van der Waals surface area contributed by atoms with Gasteiger partial charge in [0.25, 0.3) is 0 Å². The van der Waals surface area contributed by atoms with Gasteiger partial charge in [0.1, 0.15) is 11.6 Å². The Bertz CT molecular complexity index is 765. The maximum atomic E-state index is 12.8. The Labute approximate surface area is 187 Å². The number of carbonyl (C=O) groups excluding carboxylic acids is 2. The van der Waals surface area contributed by atoms with Gasteiger partial charge in [0.05, 0.1) is 7.11 Å². The van der Waals surface area contributed by atoms with Gasteiger partial charge in [-0.1, -0.05) is 55.5 Å². The summed E-state index contributed by atoms with van der Waals surface area (Å²) in [6.45, 7) is 11.9. The number of likely N-dealkylation sites (tertiary alicyclic amines) is 1. The Balaban J connectivity index is 2.14. The zero-order chi connectivity index (χ0) is 23.0. The van der Waals surface area contributed by atoms with Gasteiger partial charge in [-0.3, -0.25) is 4.90 Å². The molecule has 1 unspecified atom stereocenters. The summed E-state index contributed by atoms with van der Waals surface area (Å²) in [4.78, 5) is 26.9. The molecule has 0 aliphatic carbocycles. The van der Waals surface area contributed by atoms with Crippen LogP contribution in [0, 0.1) is 17.8 Å². The lowest BCUT2D eigenvalue weighted by atomic mass is 9.86. The first-order valence-corrected chi connectivity index (χ1v) is 11.1. The van der Waals surface area contributed by atoms with E-state index >= 15 is 0 Å². The largest absolute Gasteiger partial charge is 0.467 e. The second kappa shape index (κ2) is 11.2. The number of esters is 1. The minimum atomic E-state index is -0.674. The van der Waals surface area contributed by atoms with Gasteiger partial charge in [0.2, 0.25) is 0 Å². The van der Waals surface area contributed by atoms with Crippen molar-refractivity contribution < 1.29 is 19.1 Å². The van der Waals surface area contributed by atoms with Gasteiger partial charge in [-0.2, -0.15) is 0 Å². The van der Waals surface area contributed by atoms with Crippen LogP contribution in [0.25, 0.3) is 0 Å². The maximum Gasteiger partial charge on any atom is 0.411 e. The Morgan fingerprint density at radius 2 is 1.94 bits per heavy atom. The molecule has 0 spiro atoms. The van der Waals surface area contributed by atoms with E-state index in [4.69, 9.17) is 9.47 Å². The number of ether oxygens (including phenoxy) is 2. The van der Waals surface area contributed by atoms with Crippen molar-refractivity contribution in [3.8, 4) is 0 Å². The number of carbonyl (C=O) groups is 2. The average Bonchev–Trinajstić information content (AvgIpc) is 3.08. The highest BCUT2D eigenvalue weighted by molar-refractivity contribution is 5.82. The molecule has 1 aromatic carbocycles. The number of methoxy groups -OCH3 is 1. The van der Waals surface area contributed by atoms with Crippen molar-refractivity contribution in [3.63, 3.8) is 0 Å². The molecule has 1 amide bonds. The van der Waals surface area contributed by atoms with Gasteiger partial charge in [-0.15, -0.1) is 6.58 Å². The Morgan fingerprint density at radius 1 is 1.26 bits per heavy atom. The van der Waals surface area contributed by atoms with Crippen LogP contribution in [0.4, 0.5) is 4.79 Å². The third kappa shape index (κ3) is 7.27. The number of nitrogens with zero attached hydrogens (tertiary/aromatic N) is 1. The molecule has 1 aliphatic rings. The second-order valence-electron chi connectivity index (χ2n) is 9.34. The van der Waals surface area contributed by atoms with E-state index in [1.807, 2.05) is 26.8 Å². The highest BCUT2D eigenvalue weighted by Gasteiger charge is 2.48. The summed E-state index contributed by atoms with van der Waals surface area (Å²) in [6, 6.07) is 9.77. The first-order chi connectivity index (χ1) is 14.7. The van der Waals surface area contributed by atoms with E-state index in [1.165, 1.54) is 17.6 Å². The third-order valence-corrected chi connectivity index (χ3v) is 5.63. The number of amides is 1. The Hall–Kier alpha value is -2.56. The quantitative estimate of drug-likeness (QED) is 0.411. The fourth-order valence-electron chi connectivity index (χ4n) is 4.04. The topological polar surface area (TPSA) is 55.8 Å². The Kier molecular flexibility index (Phi) is 8.90. The molecule has 1 fully saturated rings. The predicted molar refractivity (Wildman–Crippen MR) is 124 cm³/mol. The van der Waals surface area contributed by atoms with Crippen LogP contribution in [0.15, 0.2) is 55.1 Å². The highest BCUT2D eigenvalue weighted by Crippen LogP contribution is 2.36. The van der Waals surface area contributed by atoms with Gasteiger partial charge >= 0.3 is 12.1 Å². The smallest absolute Gasteiger partial charge is 0.411 e. The van der Waals surface area contributed by atoms with Gasteiger partial charge in [0, 0.05) is 18.4 Å². The number of hydrogen-bond acceptors (Lipinski definition) is 4. The SMILES string of the molecule is C=CC[C@H]1[C@@H](C(=O)OC)N(C(=O)OC(C)(C)C)C[C@@H]1/C=C/C(C)CCc1ccccc1. The number of benzene rings is 1. The van der Waals surface area contributed by atoms with Crippen LogP contribution in [-0.2, 0) is 20.7 Å². The zero-order valence-corrected chi connectivity index (χ0v) is 19.5. The zero-order valence-electron chi connectivity index (χ0n) is 19.5. The van der Waals surface area contributed by atoms with Crippen molar-refractivity contribution in [1.82, 2.24) is 4.90 Å². The van der Waals surface area contributed by atoms with E-state index in [9.17, 15) is 9.59 Å². The molecular formula is C26H37NO4. The lowest BCUT2D eigenvalue weighted by Gasteiger charge is -2.28. The van der Waals surface area contributed by atoms with Crippen molar-refractivity contribution in [2.24, 2.45) is 17.8 Å². The third-order valence-electron chi connectivity index (χ3n) is 5.63. The molecule has 0 radical (unpaired) electrons. The van der Waals surface area contributed by atoms with Gasteiger partial charge in [-0.05, 0) is 51.5 Å². The molecule has 1 saturated heterocycles. The van der Waals surface area contributed by atoms with E-state index in [0.29, 0.717) is 18.9 Å². The number of hydrogen-bond donors (Lipinski definition) is 0. The molecule has 170 valence electrons. The molecule has 1 aromatic rings. The predicted octanol–water partition coefficient (Wildman–Crippen LogP) is 5.41. The summed E-state index contributed by atoms with van der Waals surface area (Å²) in [6.07, 6.45) is 8.36. The summed E-state index contributed by atoms with van der Waals surface area (Å²) in [5.41, 5.74) is 0.695. The summed E-state index contributed by atoms with van der Waals surface area (Å²) in [5, 5.41) is 0. The first-order valence-electron chi connectivity index (χ1n) is 11.1. The summed E-state index contributed by atoms with van der Waals surface area (Å²) in [5.74, 6) is -0.0775. The molecule has 0 N–H and O–H groups in total. The Morgan fingerprint density at radius 3 is 2.52 bits per heavy atom. The number of rotatable bonds is 8. The minimum absolute atomic E-state index is 0.0359. The van der Waals surface area contributed by atoms with Crippen LogP contribution in [0.5, 0.6) is 0 Å². The van der Waals surface area contributed by atoms with Gasteiger partial charge < -0.3 is 9.47 Å². The molecule has 5 nitrogen and oxygen atoms in total. The standard InChI is InChI=1S/C26H37NO4/c1-7-11-22-21(17-15-19(2)14-16-20-12-9-8-10-13-20)18-27(23(22)24(28)30-6)25(29)31-26(3,4)5/h7-10,12-13,15,17,19,21-23H,1,11,14,16,18H2,2-6H3/b17-15+/t19?,21-,22+,23-/m0/s1. The summed E-state index contributed by atoms with van der Waals surface area (Å²) < 4.78 is 10.6. The van der Waals surface area contributed by atoms with Gasteiger partial charge in [0.15, 0.2) is 0 Å². The molecule has 31 heavy (non-hydrogen) atoms. The minimum Gasteiger partial charge on any atom is -0.467 e. The fraction of sp³-hybridized carbons (Fsp3) is 0.538. The van der Waals surface area contributed by atoms with E-state index in [0.717, 1.165) is 12.8 Å². The van der Waals surface area contributed by atoms with Crippen molar-refractivity contribution in [2.75, 3.05) is 13.7 Å². The molecule has 0 bridgehead atoms.